The summed E-state index contributed by atoms with van der Waals surface area (Å²) in [7, 11) is 0. The molecule has 0 amide bonds. The van der Waals surface area contributed by atoms with Gasteiger partial charge in [0.1, 0.15) is 5.75 Å². The number of hydrogen-bond donors (Lipinski definition) is 1. The molecule has 1 aliphatic rings. The Hall–Kier alpha value is -1.02. The molecule has 19 heavy (non-hydrogen) atoms. The summed E-state index contributed by atoms with van der Waals surface area (Å²) in [6.45, 7) is 9.42. The Kier molecular flexibility index (Phi) is 8.31. The number of piperidine rings is 1. The van der Waals surface area contributed by atoms with Crippen molar-refractivity contribution in [3.05, 3.63) is 29.8 Å². The number of ether oxygens (including phenoxy) is 1. The zero-order chi connectivity index (χ0) is 13.9. The number of hydrogen-bond acceptors (Lipinski definition) is 2. The molecule has 0 atom stereocenters. The van der Waals surface area contributed by atoms with E-state index in [1.54, 1.807) is 0 Å². The topological polar surface area (TPSA) is 21.3 Å². The Morgan fingerprint density at radius 3 is 2.05 bits per heavy atom. The van der Waals surface area contributed by atoms with Gasteiger partial charge in [-0.2, -0.15) is 0 Å². The van der Waals surface area contributed by atoms with Crippen LogP contribution in [0.3, 0.4) is 0 Å². The third-order valence-corrected chi connectivity index (χ3v) is 3.50. The minimum Gasteiger partial charge on any atom is -0.494 e. The highest BCUT2D eigenvalue weighted by Crippen LogP contribution is 2.26. The third-order valence-electron chi connectivity index (χ3n) is 3.50. The van der Waals surface area contributed by atoms with Crippen LogP contribution in [0, 0.1) is 0 Å². The van der Waals surface area contributed by atoms with Crippen LogP contribution < -0.4 is 10.1 Å². The maximum atomic E-state index is 5.44. The van der Waals surface area contributed by atoms with Gasteiger partial charge < -0.3 is 10.1 Å². The van der Waals surface area contributed by atoms with E-state index >= 15 is 0 Å². The maximum Gasteiger partial charge on any atom is 0.119 e. The standard InChI is InChI=1S/C13H19NO.C4H10/c1-2-15-13-5-3-11(4-6-13)12-7-9-14-10-8-12;1-3-4-2/h3-6,12,14H,2,7-10H2,1H3;3-4H2,1-2H3. The average molecular weight is 263 g/mol. The number of benzene rings is 1. The van der Waals surface area contributed by atoms with Crippen molar-refractivity contribution in [1.29, 1.82) is 0 Å². The minimum absolute atomic E-state index is 0.738. The smallest absolute Gasteiger partial charge is 0.119 e. The summed E-state index contributed by atoms with van der Waals surface area (Å²) >= 11 is 0. The van der Waals surface area contributed by atoms with Crippen molar-refractivity contribution in [1.82, 2.24) is 5.32 Å². The van der Waals surface area contributed by atoms with E-state index in [2.05, 4.69) is 43.4 Å². The van der Waals surface area contributed by atoms with E-state index in [1.807, 2.05) is 6.92 Å². The summed E-state index contributed by atoms with van der Waals surface area (Å²) in [5, 5.41) is 3.39. The fourth-order valence-electron chi connectivity index (χ4n) is 2.16. The fraction of sp³-hybridized carbons (Fsp3) is 0.647. The van der Waals surface area contributed by atoms with Crippen molar-refractivity contribution in [3.8, 4) is 5.75 Å². The van der Waals surface area contributed by atoms with Crippen LogP contribution in [-0.2, 0) is 0 Å². The molecule has 1 heterocycles. The Bertz CT molecular complexity index is 313. The molecule has 1 N–H and O–H groups in total. The molecule has 0 spiro atoms. The van der Waals surface area contributed by atoms with Gasteiger partial charge in [0.25, 0.3) is 0 Å². The van der Waals surface area contributed by atoms with Gasteiger partial charge in [-0.25, -0.2) is 0 Å². The second kappa shape index (κ2) is 9.85. The summed E-state index contributed by atoms with van der Waals surface area (Å²) in [4.78, 5) is 0. The molecule has 0 saturated carbocycles. The van der Waals surface area contributed by atoms with Crippen LogP contribution in [0.25, 0.3) is 0 Å². The van der Waals surface area contributed by atoms with Gasteiger partial charge in [-0.1, -0.05) is 38.8 Å². The summed E-state index contributed by atoms with van der Waals surface area (Å²) in [6.07, 6.45) is 5.15. The first-order valence-electron chi connectivity index (χ1n) is 7.75. The van der Waals surface area contributed by atoms with E-state index in [1.165, 1.54) is 31.2 Å². The summed E-state index contributed by atoms with van der Waals surface area (Å²) in [5.74, 6) is 1.72. The molecule has 2 rings (SSSR count). The van der Waals surface area contributed by atoms with E-state index in [9.17, 15) is 0 Å². The van der Waals surface area contributed by atoms with Gasteiger partial charge in [0.05, 0.1) is 6.61 Å². The van der Waals surface area contributed by atoms with Gasteiger partial charge in [-0.15, -0.1) is 0 Å². The van der Waals surface area contributed by atoms with Crippen LogP contribution >= 0.6 is 0 Å². The molecule has 108 valence electrons. The summed E-state index contributed by atoms with van der Waals surface area (Å²) in [5.41, 5.74) is 1.46. The molecule has 1 aliphatic heterocycles. The molecule has 0 aliphatic carbocycles. The normalized spacial score (nSPS) is 15.5. The highest BCUT2D eigenvalue weighted by molar-refractivity contribution is 5.29. The molecule has 1 saturated heterocycles. The predicted octanol–water partition coefficient (Wildman–Crippen LogP) is 4.36. The lowest BCUT2D eigenvalue weighted by Gasteiger charge is -2.23. The van der Waals surface area contributed by atoms with Crippen LogP contribution in [0.1, 0.15) is 57.9 Å². The molecule has 0 radical (unpaired) electrons. The summed E-state index contributed by atoms with van der Waals surface area (Å²) in [6, 6.07) is 8.59. The van der Waals surface area contributed by atoms with E-state index < -0.39 is 0 Å². The van der Waals surface area contributed by atoms with Crippen molar-refractivity contribution in [2.45, 2.75) is 52.4 Å². The lowest BCUT2D eigenvalue weighted by molar-refractivity contribution is 0.340. The molecule has 0 unspecified atom stereocenters. The number of rotatable bonds is 4. The maximum absolute atomic E-state index is 5.44. The summed E-state index contributed by atoms with van der Waals surface area (Å²) < 4.78 is 5.44. The first-order chi connectivity index (χ1) is 9.31. The Balaban J connectivity index is 0.000000399. The van der Waals surface area contributed by atoms with E-state index in [4.69, 9.17) is 4.74 Å². The van der Waals surface area contributed by atoms with Gasteiger partial charge in [-0.05, 0) is 56.5 Å². The SMILES string of the molecule is CCCC.CCOc1ccc(C2CCNCC2)cc1. The van der Waals surface area contributed by atoms with Crippen LogP contribution in [0.2, 0.25) is 0 Å². The molecular formula is C17H29NO. The van der Waals surface area contributed by atoms with Crippen LogP contribution in [-0.4, -0.2) is 19.7 Å². The minimum atomic E-state index is 0.738. The highest BCUT2D eigenvalue weighted by atomic mass is 16.5. The largest absolute Gasteiger partial charge is 0.494 e. The molecule has 2 nitrogen and oxygen atoms in total. The molecule has 0 aromatic heterocycles. The molecule has 1 aromatic rings. The van der Waals surface area contributed by atoms with Crippen LogP contribution in [0.15, 0.2) is 24.3 Å². The van der Waals surface area contributed by atoms with E-state index in [0.717, 1.165) is 31.4 Å². The molecule has 0 bridgehead atoms. The van der Waals surface area contributed by atoms with Gasteiger partial charge in [0.15, 0.2) is 0 Å². The third kappa shape index (κ3) is 6.11. The highest BCUT2D eigenvalue weighted by Gasteiger charge is 2.14. The van der Waals surface area contributed by atoms with E-state index in [0.29, 0.717) is 0 Å². The quantitative estimate of drug-likeness (QED) is 0.871. The zero-order valence-electron chi connectivity index (χ0n) is 12.7. The second-order valence-electron chi connectivity index (χ2n) is 5.03. The molecule has 1 aromatic carbocycles. The van der Waals surface area contributed by atoms with Gasteiger partial charge in [-0.3, -0.25) is 0 Å². The molecular weight excluding hydrogens is 234 g/mol. The number of unbranched alkanes of at least 4 members (excludes halogenated alkanes) is 1. The van der Waals surface area contributed by atoms with Crippen molar-refractivity contribution < 1.29 is 4.74 Å². The first-order valence-corrected chi connectivity index (χ1v) is 7.75. The van der Waals surface area contributed by atoms with Crippen molar-refractivity contribution in [3.63, 3.8) is 0 Å². The van der Waals surface area contributed by atoms with Gasteiger partial charge >= 0.3 is 0 Å². The van der Waals surface area contributed by atoms with Crippen LogP contribution in [0.4, 0.5) is 0 Å². The average Bonchev–Trinajstić information content (AvgIpc) is 2.49. The van der Waals surface area contributed by atoms with Gasteiger partial charge in [0.2, 0.25) is 0 Å². The van der Waals surface area contributed by atoms with Crippen molar-refractivity contribution in [2.24, 2.45) is 0 Å². The zero-order valence-corrected chi connectivity index (χ0v) is 12.7. The Morgan fingerprint density at radius 2 is 1.58 bits per heavy atom. The fourth-order valence-corrected chi connectivity index (χ4v) is 2.16. The molecule has 1 fully saturated rings. The predicted molar refractivity (Wildman–Crippen MR) is 83.0 cm³/mol. The van der Waals surface area contributed by atoms with Crippen molar-refractivity contribution >= 4 is 0 Å². The van der Waals surface area contributed by atoms with E-state index in [-0.39, 0.29) is 0 Å². The number of nitrogens with one attached hydrogen (secondary N) is 1. The van der Waals surface area contributed by atoms with Crippen LogP contribution in [0.5, 0.6) is 5.75 Å². The Morgan fingerprint density at radius 1 is 1.00 bits per heavy atom. The monoisotopic (exact) mass is 263 g/mol. The van der Waals surface area contributed by atoms with Crippen molar-refractivity contribution in [2.75, 3.05) is 19.7 Å². The lowest BCUT2D eigenvalue weighted by Crippen LogP contribution is -2.26. The Labute approximate surface area is 118 Å². The van der Waals surface area contributed by atoms with Gasteiger partial charge in [0, 0.05) is 0 Å². The first kappa shape index (κ1) is 16.0. The molecule has 2 heteroatoms. The lowest BCUT2D eigenvalue weighted by atomic mass is 9.90. The second-order valence-corrected chi connectivity index (χ2v) is 5.03.